The summed E-state index contributed by atoms with van der Waals surface area (Å²) in [5.41, 5.74) is 3.13. The zero-order chi connectivity index (χ0) is 28.1. The summed E-state index contributed by atoms with van der Waals surface area (Å²) < 4.78 is 0. The van der Waals surface area contributed by atoms with Gasteiger partial charge in [-0.3, -0.25) is 14.5 Å². The van der Waals surface area contributed by atoms with Crippen molar-refractivity contribution in [3.8, 4) is 0 Å². The van der Waals surface area contributed by atoms with E-state index in [0.717, 1.165) is 44.1 Å². The summed E-state index contributed by atoms with van der Waals surface area (Å²) in [5, 5.41) is 0.838. The van der Waals surface area contributed by atoms with E-state index in [1.54, 1.807) is 6.07 Å². The van der Waals surface area contributed by atoms with Gasteiger partial charge in [-0.1, -0.05) is 71.4 Å². The highest BCUT2D eigenvalue weighted by atomic mass is 35.5. The fourth-order valence-corrected chi connectivity index (χ4v) is 6.14. The highest BCUT2D eigenvalue weighted by Gasteiger charge is 2.29. The van der Waals surface area contributed by atoms with Crippen LogP contribution in [0.15, 0.2) is 65.8 Å². The molecular weight excluding hydrogens is 544 g/mol. The minimum atomic E-state index is 0.00883. The molecule has 8 nitrogen and oxygen atoms in total. The second-order valence-corrected chi connectivity index (χ2v) is 11.8. The van der Waals surface area contributed by atoms with Crippen molar-refractivity contribution in [1.82, 2.24) is 24.7 Å². The Hall–Kier alpha value is -3.14. The summed E-state index contributed by atoms with van der Waals surface area (Å²) in [6.45, 7) is 10.0. The lowest BCUT2D eigenvalue weighted by atomic mass is 10.1. The number of nitrogens with zero attached hydrogens (tertiary/aromatic N) is 6. The first-order valence-corrected chi connectivity index (χ1v) is 15.1. The number of anilines is 1. The maximum atomic E-state index is 13.1. The number of aromatic nitrogens is 2. The number of benzene rings is 2. The van der Waals surface area contributed by atoms with Crippen molar-refractivity contribution in [2.75, 3.05) is 56.5 Å². The molecule has 0 bridgehead atoms. The molecule has 0 radical (unpaired) electrons. The zero-order valence-corrected chi connectivity index (χ0v) is 24.6. The van der Waals surface area contributed by atoms with Gasteiger partial charge in [0.15, 0.2) is 5.16 Å². The normalized spacial score (nSPS) is 18.2. The third-order valence-electron chi connectivity index (χ3n) is 7.47. The van der Waals surface area contributed by atoms with Crippen LogP contribution in [0.3, 0.4) is 0 Å². The third kappa shape index (κ3) is 7.13. The van der Waals surface area contributed by atoms with Crippen LogP contribution >= 0.6 is 23.4 Å². The van der Waals surface area contributed by atoms with E-state index in [1.807, 2.05) is 47.1 Å². The molecule has 2 amide bonds. The molecule has 1 atom stereocenters. The predicted molar refractivity (Wildman–Crippen MR) is 160 cm³/mol. The fourth-order valence-electron chi connectivity index (χ4n) is 5.16. The summed E-state index contributed by atoms with van der Waals surface area (Å²) >= 11 is 7.69. The number of rotatable bonds is 7. The van der Waals surface area contributed by atoms with Crippen molar-refractivity contribution >= 4 is 41.0 Å². The Kier molecular flexibility index (Phi) is 9.24. The number of amides is 2. The first-order chi connectivity index (χ1) is 19.4. The SMILES string of the molecule is Cc1ccc(C(=O)N2CCN(c3cc(Cl)nc(SCC(=O)N4CCN(Cc5ccccc5)CC4)n3)C[C@H]2C)cc1. The molecule has 2 aliphatic heterocycles. The van der Waals surface area contributed by atoms with Gasteiger partial charge in [-0.25, -0.2) is 9.97 Å². The lowest BCUT2D eigenvalue weighted by Crippen LogP contribution is -2.54. The second-order valence-electron chi connectivity index (χ2n) is 10.4. The summed E-state index contributed by atoms with van der Waals surface area (Å²) in [7, 11) is 0. The van der Waals surface area contributed by atoms with Crippen LogP contribution in [-0.4, -0.2) is 94.1 Å². The van der Waals surface area contributed by atoms with Crippen molar-refractivity contribution in [2.24, 2.45) is 0 Å². The van der Waals surface area contributed by atoms with E-state index < -0.39 is 0 Å². The minimum absolute atomic E-state index is 0.00883. The quantitative estimate of drug-likeness (QED) is 0.236. The minimum Gasteiger partial charge on any atom is -0.353 e. The molecule has 3 aromatic rings. The standard InChI is InChI=1S/C30H35ClN6O2S/c1-22-8-10-25(11-9-22)29(39)37-17-16-36(19-23(37)2)27-18-26(31)32-30(33-27)40-21-28(38)35-14-12-34(13-15-35)20-24-6-4-3-5-7-24/h3-11,18,23H,12-17,19-21H2,1-2H3/t23-/m1/s1. The Labute approximate surface area is 245 Å². The first-order valence-electron chi connectivity index (χ1n) is 13.7. The molecule has 1 aromatic heterocycles. The maximum Gasteiger partial charge on any atom is 0.254 e. The smallest absolute Gasteiger partial charge is 0.254 e. The second kappa shape index (κ2) is 13.0. The molecule has 2 fully saturated rings. The van der Waals surface area contributed by atoms with E-state index in [0.29, 0.717) is 35.5 Å². The molecule has 10 heteroatoms. The lowest BCUT2D eigenvalue weighted by molar-refractivity contribution is -0.130. The third-order valence-corrected chi connectivity index (χ3v) is 8.50. The molecule has 0 aliphatic carbocycles. The molecule has 0 unspecified atom stereocenters. The number of halogens is 1. The van der Waals surface area contributed by atoms with E-state index >= 15 is 0 Å². The van der Waals surface area contributed by atoms with Crippen LogP contribution in [-0.2, 0) is 11.3 Å². The zero-order valence-electron chi connectivity index (χ0n) is 23.0. The summed E-state index contributed by atoms with van der Waals surface area (Å²) in [4.78, 5) is 43.4. The van der Waals surface area contributed by atoms with Crippen LogP contribution in [0.5, 0.6) is 0 Å². The number of piperazine rings is 2. The fraction of sp³-hybridized carbons (Fsp3) is 0.400. The van der Waals surface area contributed by atoms with Gasteiger partial charge >= 0.3 is 0 Å². The summed E-state index contributed by atoms with van der Waals surface area (Å²) in [5.74, 6) is 1.13. The van der Waals surface area contributed by atoms with Gasteiger partial charge in [-0.15, -0.1) is 0 Å². The van der Waals surface area contributed by atoms with Crippen molar-refractivity contribution in [3.63, 3.8) is 0 Å². The van der Waals surface area contributed by atoms with Crippen molar-refractivity contribution < 1.29 is 9.59 Å². The molecule has 2 saturated heterocycles. The monoisotopic (exact) mass is 578 g/mol. The molecule has 40 heavy (non-hydrogen) atoms. The van der Waals surface area contributed by atoms with Gasteiger partial charge in [0.1, 0.15) is 11.0 Å². The average Bonchev–Trinajstić information content (AvgIpc) is 2.96. The highest BCUT2D eigenvalue weighted by Crippen LogP contribution is 2.25. The van der Waals surface area contributed by atoms with Gasteiger partial charge in [0.25, 0.3) is 5.91 Å². The van der Waals surface area contributed by atoms with Crippen LogP contribution < -0.4 is 4.90 Å². The average molecular weight is 579 g/mol. The number of aryl methyl sites for hydroxylation is 1. The van der Waals surface area contributed by atoms with E-state index in [1.165, 1.54) is 17.3 Å². The van der Waals surface area contributed by atoms with Gasteiger partial charge in [0.2, 0.25) is 5.91 Å². The number of hydrogen-bond donors (Lipinski definition) is 0. The largest absolute Gasteiger partial charge is 0.353 e. The maximum absolute atomic E-state index is 13.1. The molecule has 5 rings (SSSR count). The molecular formula is C30H35ClN6O2S. The summed E-state index contributed by atoms with van der Waals surface area (Å²) in [6.07, 6.45) is 0. The van der Waals surface area contributed by atoms with E-state index in [9.17, 15) is 9.59 Å². The Morgan fingerprint density at radius 1 is 0.950 bits per heavy atom. The number of hydrogen-bond acceptors (Lipinski definition) is 7. The van der Waals surface area contributed by atoms with E-state index in [4.69, 9.17) is 16.6 Å². The topological polar surface area (TPSA) is 72.9 Å². The van der Waals surface area contributed by atoms with Gasteiger partial charge in [0, 0.05) is 70.0 Å². The first kappa shape index (κ1) is 28.4. The highest BCUT2D eigenvalue weighted by molar-refractivity contribution is 7.99. The number of carbonyl (C=O) groups is 2. The summed E-state index contributed by atoms with van der Waals surface area (Å²) in [6, 6.07) is 19.9. The van der Waals surface area contributed by atoms with Crippen LogP contribution in [0, 0.1) is 6.92 Å². The Morgan fingerprint density at radius 2 is 1.68 bits per heavy atom. The number of carbonyl (C=O) groups excluding carboxylic acids is 2. The van der Waals surface area contributed by atoms with E-state index in [2.05, 4.69) is 46.0 Å². The molecule has 210 valence electrons. The van der Waals surface area contributed by atoms with Crippen molar-refractivity contribution in [1.29, 1.82) is 0 Å². The predicted octanol–water partition coefficient (Wildman–Crippen LogP) is 4.23. The molecule has 2 aromatic carbocycles. The lowest BCUT2D eigenvalue weighted by Gasteiger charge is -2.40. The van der Waals surface area contributed by atoms with Crippen LogP contribution in [0.1, 0.15) is 28.4 Å². The van der Waals surface area contributed by atoms with E-state index in [-0.39, 0.29) is 23.6 Å². The molecule has 0 spiro atoms. The van der Waals surface area contributed by atoms with Gasteiger partial charge in [-0.2, -0.15) is 0 Å². The van der Waals surface area contributed by atoms with Crippen LogP contribution in [0.4, 0.5) is 5.82 Å². The van der Waals surface area contributed by atoms with Gasteiger partial charge in [0.05, 0.1) is 5.75 Å². The Balaban J connectivity index is 1.13. The van der Waals surface area contributed by atoms with Crippen molar-refractivity contribution in [3.05, 3.63) is 82.5 Å². The molecule has 0 N–H and O–H groups in total. The van der Waals surface area contributed by atoms with Gasteiger partial charge < -0.3 is 14.7 Å². The molecule has 2 aliphatic rings. The van der Waals surface area contributed by atoms with Gasteiger partial charge in [-0.05, 0) is 31.5 Å². The molecule has 3 heterocycles. The van der Waals surface area contributed by atoms with Crippen LogP contribution in [0.2, 0.25) is 5.15 Å². The Morgan fingerprint density at radius 3 is 2.38 bits per heavy atom. The number of thioether (sulfide) groups is 1. The van der Waals surface area contributed by atoms with Crippen molar-refractivity contribution in [2.45, 2.75) is 31.6 Å². The Bertz CT molecular complexity index is 1320. The molecule has 0 saturated carbocycles. The van der Waals surface area contributed by atoms with Crippen LogP contribution in [0.25, 0.3) is 0 Å².